The number of hydrogen-bond donors (Lipinski definition) is 2. The summed E-state index contributed by atoms with van der Waals surface area (Å²) in [6, 6.07) is 16.7. The summed E-state index contributed by atoms with van der Waals surface area (Å²) in [6.45, 7) is 5.00. The summed E-state index contributed by atoms with van der Waals surface area (Å²) in [5.74, 6) is 0.326. The fraction of sp³-hybridized carbons (Fsp3) is 0.308. The van der Waals surface area contributed by atoms with Gasteiger partial charge in [0.15, 0.2) is 0 Å². The first kappa shape index (κ1) is 22.3. The van der Waals surface area contributed by atoms with Gasteiger partial charge < -0.3 is 15.2 Å². The zero-order chi connectivity index (χ0) is 23.8. The Kier molecular flexibility index (Phi) is 5.93. The molecule has 0 bridgehead atoms. The molecule has 1 atom stereocenters. The number of H-pyrrole nitrogens is 1. The lowest BCUT2D eigenvalue weighted by Crippen LogP contribution is -2.41. The summed E-state index contributed by atoms with van der Waals surface area (Å²) in [7, 11) is 4.07. The van der Waals surface area contributed by atoms with E-state index in [1.807, 2.05) is 69.6 Å². The summed E-state index contributed by atoms with van der Waals surface area (Å²) in [5.41, 5.74) is 4.23. The highest BCUT2D eigenvalue weighted by Gasteiger charge is 2.24. The van der Waals surface area contributed by atoms with Gasteiger partial charge in [-0.15, -0.1) is 0 Å². The zero-order valence-electron chi connectivity index (χ0n) is 19.7. The predicted octanol–water partition coefficient (Wildman–Crippen LogP) is 3.73. The van der Waals surface area contributed by atoms with Gasteiger partial charge in [-0.25, -0.2) is 8.91 Å². The number of nitrogens with zero attached hydrogens (tertiary/aromatic N) is 4. The van der Waals surface area contributed by atoms with E-state index < -0.39 is 0 Å². The molecule has 34 heavy (non-hydrogen) atoms. The maximum atomic E-state index is 15.0. The second kappa shape index (κ2) is 9.04. The molecular formula is C26H29FN6O. The molecule has 0 amide bonds. The maximum absolute atomic E-state index is 15.0. The van der Waals surface area contributed by atoms with Crippen LogP contribution in [-0.4, -0.2) is 58.3 Å². The molecule has 0 aliphatic carbocycles. The fourth-order valence-electron chi connectivity index (χ4n) is 4.41. The minimum Gasteiger partial charge on any atom is -0.357 e. The standard InChI is InChI=1S/C26H29FN6O/c1-17(19-9-10-20(22(27)13-19)18-7-5-4-6-8-18)23-14-24-29-26(34)21-15-32(12-11-31(2)3)16-28-25(21)33(24)30-23/h4-10,13-14,17,28H,11-12,15-16H2,1-3H3,(H,29,34). The van der Waals surface area contributed by atoms with Crippen molar-refractivity contribution in [1.82, 2.24) is 24.4 Å². The Morgan fingerprint density at radius 1 is 1.15 bits per heavy atom. The van der Waals surface area contributed by atoms with E-state index in [-0.39, 0.29) is 17.3 Å². The molecule has 3 heterocycles. The van der Waals surface area contributed by atoms with Crippen LogP contribution in [0.2, 0.25) is 0 Å². The van der Waals surface area contributed by atoms with Gasteiger partial charge in [-0.05, 0) is 31.3 Å². The lowest BCUT2D eigenvalue weighted by Gasteiger charge is -2.30. The van der Waals surface area contributed by atoms with E-state index in [0.29, 0.717) is 30.0 Å². The highest BCUT2D eigenvalue weighted by molar-refractivity contribution is 5.64. The number of hydrogen-bond acceptors (Lipinski definition) is 5. The summed E-state index contributed by atoms with van der Waals surface area (Å²) < 4.78 is 16.7. The van der Waals surface area contributed by atoms with Gasteiger partial charge in [-0.2, -0.15) is 5.10 Å². The van der Waals surface area contributed by atoms with Gasteiger partial charge in [-0.1, -0.05) is 49.4 Å². The third kappa shape index (κ3) is 4.22. The molecule has 0 saturated carbocycles. The van der Waals surface area contributed by atoms with Crippen molar-refractivity contribution in [2.75, 3.05) is 39.2 Å². The van der Waals surface area contributed by atoms with Crippen LogP contribution in [0.15, 0.2) is 59.4 Å². The second-order valence-corrected chi connectivity index (χ2v) is 9.17. The number of likely N-dealkylation sites (N-methyl/N-ethyl adjacent to an activating group) is 1. The molecule has 1 unspecified atom stereocenters. The Hall–Kier alpha value is -3.49. The normalized spacial score (nSPS) is 14.9. The van der Waals surface area contributed by atoms with E-state index in [9.17, 15) is 9.18 Å². The molecule has 2 aromatic heterocycles. The van der Waals surface area contributed by atoms with Crippen molar-refractivity contribution in [3.8, 4) is 11.1 Å². The monoisotopic (exact) mass is 460 g/mol. The van der Waals surface area contributed by atoms with E-state index in [0.717, 1.165) is 35.7 Å². The summed E-state index contributed by atoms with van der Waals surface area (Å²) in [6.07, 6.45) is 0. The van der Waals surface area contributed by atoms with Crippen molar-refractivity contribution in [1.29, 1.82) is 0 Å². The molecule has 1 aliphatic rings. The Morgan fingerprint density at radius 3 is 2.68 bits per heavy atom. The van der Waals surface area contributed by atoms with Crippen LogP contribution in [0.3, 0.4) is 0 Å². The van der Waals surface area contributed by atoms with Gasteiger partial charge in [0, 0.05) is 37.2 Å². The van der Waals surface area contributed by atoms with Crippen LogP contribution < -0.4 is 10.9 Å². The van der Waals surface area contributed by atoms with Gasteiger partial charge in [0.1, 0.15) is 17.3 Å². The number of aromatic nitrogens is 3. The molecule has 1 aliphatic heterocycles. The summed E-state index contributed by atoms with van der Waals surface area (Å²) in [5, 5.41) is 8.16. The number of aromatic amines is 1. The first-order valence-electron chi connectivity index (χ1n) is 11.5. The highest BCUT2D eigenvalue weighted by atomic mass is 19.1. The third-order valence-electron chi connectivity index (χ3n) is 6.48. The molecular weight excluding hydrogens is 431 g/mol. The van der Waals surface area contributed by atoms with Gasteiger partial charge in [0.2, 0.25) is 0 Å². The van der Waals surface area contributed by atoms with Crippen molar-refractivity contribution in [3.05, 3.63) is 87.6 Å². The van der Waals surface area contributed by atoms with Crippen LogP contribution in [0.1, 0.15) is 29.7 Å². The molecule has 7 nitrogen and oxygen atoms in total. The Bertz CT molecular complexity index is 1380. The largest absolute Gasteiger partial charge is 0.357 e. The molecule has 4 aromatic rings. The molecule has 5 rings (SSSR count). The van der Waals surface area contributed by atoms with Crippen molar-refractivity contribution >= 4 is 11.5 Å². The summed E-state index contributed by atoms with van der Waals surface area (Å²) in [4.78, 5) is 20.1. The van der Waals surface area contributed by atoms with Crippen LogP contribution in [0.4, 0.5) is 10.2 Å². The van der Waals surface area contributed by atoms with Crippen LogP contribution in [0, 0.1) is 5.82 Å². The van der Waals surface area contributed by atoms with E-state index >= 15 is 0 Å². The van der Waals surface area contributed by atoms with Crippen LogP contribution in [0.25, 0.3) is 16.8 Å². The Labute approximate surface area is 197 Å². The van der Waals surface area contributed by atoms with Gasteiger partial charge >= 0.3 is 0 Å². The number of benzene rings is 2. The maximum Gasteiger partial charge on any atom is 0.257 e. The van der Waals surface area contributed by atoms with Crippen molar-refractivity contribution in [3.63, 3.8) is 0 Å². The average Bonchev–Trinajstić information content (AvgIpc) is 3.27. The van der Waals surface area contributed by atoms with Crippen molar-refractivity contribution in [2.24, 2.45) is 0 Å². The van der Waals surface area contributed by atoms with Gasteiger partial charge in [0.25, 0.3) is 5.56 Å². The highest BCUT2D eigenvalue weighted by Crippen LogP contribution is 2.30. The van der Waals surface area contributed by atoms with E-state index in [2.05, 4.69) is 20.1 Å². The first-order valence-corrected chi connectivity index (χ1v) is 11.5. The van der Waals surface area contributed by atoms with Crippen LogP contribution >= 0.6 is 0 Å². The van der Waals surface area contributed by atoms with Gasteiger partial charge in [-0.3, -0.25) is 9.69 Å². The Morgan fingerprint density at radius 2 is 1.94 bits per heavy atom. The first-order chi connectivity index (χ1) is 16.4. The molecule has 0 radical (unpaired) electrons. The number of halogens is 1. The number of fused-ring (bicyclic) bond motifs is 3. The molecule has 0 fully saturated rings. The zero-order valence-corrected chi connectivity index (χ0v) is 19.7. The molecule has 0 saturated heterocycles. The smallest absolute Gasteiger partial charge is 0.257 e. The van der Waals surface area contributed by atoms with E-state index in [4.69, 9.17) is 5.10 Å². The van der Waals surface area contributed by atoms with Crippen molar-refractivity contribution in [2.45, 2.75) is 19.4 Å². The number of rotatable bonds is 6. The van der Waals surface area contributed by atoms with Crippen LogP contribution in [0.5, 0.6) is 0 Å². The minimum absolute atomic E-state index is 0.109. The van der Waals surface area contributed by atoms with Crippen molar-refractivity contribution < 1.29 is 4.39 Å². The number of nitrogens with one attached hydrogen (secondary N) is 2. The topological polar surface area (TPSA) is 68.7 Å². The lowest BCUT2D eigenvalue weighted by atomic mass is 9.95. The summed E-state index contributed by atoms with van der Waals surface area (Å²) >= 11 is 0. The second-order valence-electron chi connectivity index (χ2n) is 9.17. The SMILES string of the molecule is CC(c1ccc(-c2ccccc2)c(F)c1)c1cc2[nH]c(=O)c3c(n2n1)NCN(CCN(C)C)C3. The fourth-order valence-corrected chi connectivity index (χ4v) is 4.41. The molecule has 2 aromatic carbocycles. The van der Waals surface area contributed by atoms with Crippen LogP contribution in [-0.2, 0) is 6.54 Å². The predicted molar refractivity (Wildman–Crippen MR) is 133 cm³/mol. The van der Waals surface area contributed by atoms with E-state index in [1.165, 1.54) is 0 Å². The lowest BCUT2D eigenvalue weighted by molar-refractivity contribution is 0.239. The molecule has 176 valence electrons. The van der Waals surface area contributed by atoms with Gasteiger partial charge in [0.05, 0.1) is 17.9 Å². The third-order valence-corrected chi connectivity index (χ3v) is 6.48. The molecule has 2 N–H and O–H groups in total. The quantitative estimate of drug-likeness (QED) is 0.459. The average molecular weight is 461 g/mol. The minimum atomic E-state index is -0.260. The van der Waals surface area contributed by atoms with E-state index in [1.54, 1.807) is 10.6 Å². The molecule has 8 heteroatoms. The Balaban J connectivity index is 1.44. The molecule has 0 spiro atoms. The number of anilines is 1.